The molecular weight excluding hydrogens is 597 g/mol. The lowest BCUT2D eigenvalue weighted by Gasteiger charge is -2.34. The summed E-state index contributed by atoms with van der Waals surface area (Å²) in [5.74, 6) is 1.29. The highest BCUT2D eigenvalue weighted by Crippen LogP contribution is 2.43. The van der Waals surface area contributed by atoms with Gasteiger partial charge in [-0.05, 0) is 90.9 Å². The second kappa shape index (κ2) is 11.4. The Hall–Kier alpha value is -5.80. The minimum Gasteiger partial charge on any atom is -0.455 e. The van der Waals surface area contributed by atoms with Gasteiger partial charge in [-0.25, -0.2) is 0 Å². The molecule has 2 aliphatic carbocycles. The second-order valence-corrected chi connectivity index (χ2v) is 13.6. The third-order valence-corrected chi connectivity index (χ3v) is 10.8. The third-order valence-electron chi connectivity index (χ3n) is 10.8. The van der Waals surface area contributed by atoms with Crippen LogP contribution >= 0.6 is 0 Å². The van der Waals surface area contributed by atoms with Crippen molar-refractivity contribution < 1.29 is 4.42 Å². The van der Waals surface area contributed by atoms with E-state index in [2.05, 4.69) is 167 Å². The van der Waals surface area contributed by atoms with Crippen LogP contribution in [0.4, 0.5) is 11.4 Å². The van der Waals surface area contributed by atoms with Crippen molar-refractivity contribution in [3.05, 3.63) is 163 Å². The molecule has 10 rings (SSSR count). The Bertz CT molecular complexity index is 2510. The number of benzene rings is 6. The quantitative estimate of drug-likeness (QED) is 0.188. The van der Waals surface area contributed by atoms with Crippen LogP contribution < -0.4 is 4.90 Å². The molecule has 2 aromatic heterocycles. The van der Waals surface area contributed by atoms with Gasteiger partial charge in [0.1, 0.15) is 11.2 Å². The number of anilines is 2. The highest BCUT2D eigenvalue weighted by molar-refractivity contribution is 6.13. The number of hydrogen-bond acceptors (Lipinski definition) is 2. The minimum absolute atomic E-state index is 0.615. The average Bonchev–Trinajstić information content (AvgIpc) is 3.71. The third kappa shape index (κ3) is 4.64. The largest absolute Gasteiger partial charge is 0.455 e. The lowest BCUT2D eigenvalue weighted by atomic mass is 9.76. The molecule has 6 aromatic carbocycles. The standard InChI is InChI=1S/C46H36N2O/c1-2-14-34(15-3-1)47(36-27-22-31-12-4-5-13-33(31)28-36)35-25-23-32(24-26-35)41-29-37(30-42-40-18-8-11-21-45(40)49-46(41)42)48-43-19-9-6-16-38(43)39-17-7-10-20-44(39)48/h1-3,6-11,14-31,33H,4-5,12-13H2. The van der Waals surface area contributed by atoms with E-state index in [0.717, 1.165) is 44.4 Å². The fourth-order valence-electron chi connectivity index (χ4n) is 8.45. The fraction of sp³-hybridized carbons (Fsp3) is 0.130. The molecule has 49 heavy (non-hydrogen) atoms. The smallest absolute Gasteiger partial charge is 0.143 e. The molecule has 0 radical (unpaired) electrons. The molecule has 236 valence electrons. The molecule has 2 aliphatic rings. The summed E-state index contributed by atoms with van der Waals surface area (Å²) in [5, 5.41) is 4.77. The molecule has 0 amide bonds. The molecule has 1 fully saturated rings. The number of hydrogen-bond donors (Lipinski definition) is 0. The summed E-state index contributed by atoms with van der Waals surface area (Å²) in [7, 11) is 0. The van der Waals surface area contributed by atoms with Crippen molar-refractivity contribution in [2.24, 2.45) is 11.8 Å². The van der Waals surface area contributed by atoms with E-state index in [9.17, 15) is 0 Å². The van der Waals surface area contributed by atoms with Crippen LogP contribution in [-0.2, 0) is 0 Å². The van der Waals surface area contributed by atoms with Crippen LogP contribution in [0.2, 0.25) is 0 Å². The number of allylic oxidation sites excluding steroid dienone is 3. The van der Waals surface area contributed by atoms with Gasteiger partial charge in [-0.3, -0.25) is 0 Å². The number of rotatable bonds is 5. The molecule has 3 heteroatoms. The van der Waals surface area contributed by atoms with Gasteiger partial charge in [0, 0.05) is 49.9 Å². The van der Waals surface area contributed by atoms with Crippen LogP contribution in [0.3, 0.4) is 0 Å². The van der Waals surface area contributed by atoms with Crippen molar-refractivity contribution in [1.82, 2.24) is 4.57 Å². The van der Waals surface area contributed by atoms with Gasteiger partial charge in [0.05, 0.1) is 11.0 Å². The van der Waals surface area contributed by atoms with Gasteiger partial charge in [-0.1, -0.05) is 110 Å². The van der Waals surface area contributed by atoms with Gasteiger partial charge in [0.25, 0.3) is 0 Å². The van der Waals surface area contributed by atoms with Crippen LogP contribution in [-0.4, -0.2) is 4.57 Å². The number of furan rings is 1. The maximum atomic E-state index is 6.64. The summed E-state index contributed by atoms with van der Waals surface area (Å²) in [6, 6.07) is 50.3. The van der Waals surface area contributed by atoms with Gasteiger partial charge < -0.3 is 13.9 Å². The molecule has 8 aromatic rings. The highest BCUT2D eigenvalue weighted by Gasteiger charge is 2.27. The maximum absolute atomic E-state index is 6.64. The Morgan fingerprint density at radius 1 is 0.571 bits per heavy atom. The first-order valence-electron chi connectivity index (χ1n) is 17.6. The fourth-order valence-corrected chi connectivity index (χ4v) is 8.45. The zero-order valence-electron chi connectivity index (χ0n) is 27.3. The molecule has 1 saturated carbocycles. The molecule has 0 saturated heterocycles. The number of nitrogens with zero attached hydrogens (tertiary/aromatic N) is 2. The number of fused-ring (bicyclic) bond motifs is 7. The van der Waals surface area contributed by atoms with Crippen molar-refractivity contribution in [1.29, 1.82) is 0 Å². The van der Waals surface area contributed by atoms with Crippen LogP contribution in [0.15, 0.2) is 168 Å². The first-order chi connectivity index (χ1) is 24.3. The SMILES string of the molecule is C1=CC2CCCCC2C=C1N(c1ccccc1)c1ccc(-c2cc(-n3c4ccccc4c4ccccc43)cc3c2oc2ccccc23)cc1. The Morgan fingerprint density at radius 2 is 1.20 bits per heavy atom. The van der Waals surface area contributed by atoms with E-state index in [1.165, 1.54) is 58.9 Å². The highest BCUT2D eigenvalue weighted by atomic mass is 16.3. The molecule has 2 unspecified atom stereocenters. The number of aromatic nitrogens is 1. The summed E-state index contributed by atoms with van der Waals surface area (Å²) in [5.41, 5.74) is 11.1. The molecule has 3 nitrogen and oxygen atoms in total. The van der Waals surface area contributed by atoms with Crippen molar-refractivity contribution in [2.45, 2.75) is 25.7 Å². The molecule has 0 bridgehead atoms. The molecule has 0 N–H and O–H groups in total. The summed E-state index contributed by atoms with van der Waals surface area (Å²) in [4.78, 5) is 2.41. The molecule has 0 spiro atoms. The van der Waals surface area contributed by atoms with Crippen LogP contribution in [0.5, 0.6) is 0 Å². The van der Waals surface area contributed by atoms with E-state index >= 15 is 0 Å². The monoisotopic (exact) mass is 632 g/mol. The zero-order chi connectivity index (χ0) is 32.3. The van der Waals surface area contributed by atoms with E-state index in [1.54, 1.807) is 0 Å². The summed E-state index contributed by atoms with van der Waals surface area (Å²) >= 11 is 0. The lowest BCUT2D eigenvalue weighted by molar-refractivity contribution is 0.333. The van der Waals surface area contributed by atoms with E-state index < -0.39 is 0 Å². The predicted octanol–water partition coefficient (Wildman–Crippen LogP) is 12.7. The van der Waals surface area contributed by atoms with Crippen molar-refractivity contribution in [3.63, 3.8) is 0 Å². The van der Waals surface area contributed by atoms with E-state index in [-0.39, 0.29) is 0 Å². The topological polar surface area (TPSA) is 21.3 Å². The van der Waals surface area contributed by atoms with Crippen molar-refractivity contribution >= 4 is 55.1 Å². The predicted molar refractivity (Wildman–Crippen MR) is 205 cm³/mol. The van der Waals surface area contributed by atoms with Crippen molar-refractivity contribution in [2.75, 3.05) is 4.90 Å². The molecule has 2 atom stereocenters. The first-order valence-corrected chi connectivity index (χ1v) is 17.6. The Labute approximate surface area is 286 Å². The zero-order valence-corrected chi connectivity index (χ0v) is 27.3. The first kappa shape index (κ1) is 28.2. The van der Waals surface area contributed by atoms with Gasteiger partial charge in [0.2, 0.25) is 0 Å². The number of para-hydroxylation sites is 4. The Kier molecular flexibility index (Phi) is 6.58. The minimum atomic E-state index is 0.615. The summed E-state index contributed by atoms with van der Waals surface area (Å²) in [6.45, 7) is 0. The molecular formula is C46H36N2O. The van der Waals surface area contributed by atoms with Gasteiger partial charge >= 0.3 is 0 Å². The Morgan fingerprint density at radius 3 is 1.96 bits per heavy atom. The maximum Gasteiger partial charge on any atom is 0.143 e. The van der Waals surface area contributed by atoms with E-state index in [0.29, 0.717) is 11.8 Å². The van der Waals surface area contributed by atoms with Gasteiger partial charge in [-0.15, -0.1) is 0 Å². The van der Waals surface area contributed by atoms with E-state index in [4.69, 9.17) is 4.42 Å². The average molecular weight is 633 g/mol. The van der Waals surface area contributed by atoms with Crippen LogP contribution in [0.1, 0.15) is 25.7 Å². The molecule has 2 heterocycles. The van der Waals surface area contributed by atoms with Crippen LogP contribution in [0.25, 0.3) is 60.6 Å². The van der Waals surface area contributed by atoms with Crippen molar-refractivity contribution in [3.8, 4) is 16.8 Å². The van der Waals surface area contributed by atoms with Gasteiger partial charge in [0.15, 0.2) is 0 Å². The summed E-state index contributed by atoms with van der Waals surface area (Å²) in [6.07, 6.45) is 12.6. The lowest BCUT2D eigenvalue weighted by Crippen LogP contribution is -2.23. The van der Waals surface area contributed by atoms with E-state index in [1.807, 2.05) is 0 Å². The Balaban J connectivity index is 1.15. The summed E-state index contributed by atoms with van der Waals surface area (Å²) < 4.78 is 9.04. The second-order valence-electron chi connectivity index (χ2n) is 13.6. The normalized spacial score (nSPS) is 17.5. The van der Waals surface area contributed by atoms with Gasteiger partial charge in [-0.2, -0.15) is 0 Å². The molecule has 0 aliphatic heterocycles. The van der Waals surface area contributed by atoms with Crippen LogP contribution in [0, 0.1) is 11.8 Å².